The molecule has 1 heterocycles. The van der Waals surface area contributed by atoms with E-state index in [1.807, 2.05) is 31.2 Å². The molecule has 0 atom stereocenters. The van der Waals surface area contributed by atoms with Gasteiger partial charge in [0.15, 0.2) is 0 Å². The average molecular weight is 297 g/mol. The molecule has 0 amide bonds. The van der Waals surface area contributed by atoms with E-state index in [-0.39, 0.29) is 12.2 Å². The zero-order chi connectivity index (χ0) is 15.7. The SMILES string of the molecule is COc1cccc(F)c1-c1nc2c(C)cccc2cc1CO. The third-order valence-corrected chi connectivity index (χ3v) is 3.73. The molecule has 1 N–H and O–H groups in total. The lowest BCUT2D eigenvalue weighted by Crippen LogP contribution is -2.00. The Kier molecular flexibility index (Phi) is 3.77. The topological polar surface area (TPSA) is 42.4 Å². The van der Waals surface area contributed by atoms with Gasteiger partial charge in [-0.05, 0) is 30.7 Å². The molecule has 3 aromatic rings. The smallest absolute Gasteiger partial charge is 0.136 e. The maximum absolute atomic E-state index is 14.3. The second-order valence-corrected chi connectivity index (χ2v) is 5.12. The highest BCUT2D eigenvalue weighted by molar-refractivity contribution is 5.86. The van der Waals surface area contributed by atoms with Crippen LogP contribution in [0.3, 0.4) is 0 Å². The third-order valence-electron chi connectivity index (χ3n) is 3.73. The molecule has 0 spiro atoms. The molecular formula is C18H16FNO2. The molecule has 1 aromatic heterocycles. The fourth-order valence-corrected chi connectivity index (χ4v) is 2.63. The maximum atomic E-state index is 14.3. The number of hydrogen-bond acceptors (Lipinski definition) is 3. The van der Waals surface area contributed by atoms with Crippen molar-refractivity contribution in [1.82, 2.24) is 4.98 Å². The van der Waals surface area contributed by atoms with Crippen molar-refractivity contribution in [3.8, 4) is 17.0 Å². The van der Waals surface area contributed by atoms with E-state index in [0.717, 1.165) is 16.5 Å². The first-order valence-electron chi connectivity index (χ1n) is 6.98. The van der Waals surface area contributed by atoms with Crippen LogP contribution in [0.25, 0.3) is 22.2 Å². The van der Waals surface area contributed by atoms with Crippen LogP contribution in [0.2, 0.25) is 0 Å². The molecule has 0 aliphatic rings. The summed E-state index contributed by atoms with van der Waals surface area (Å²) in [5, 5.41) is 10.6. The summed E-state index contributed by atoms with van der Waals surface area (Å²) in [7, 11) is 1.49. The van der Waals surface area contributed by atoms with E-state index in [2.05, 4.69) is 4.98 Å². The number of hydrogen-bond donors (Lipinski definition) is 1. The van der Waals surface area contributed by atoms with Crippen LogP contribution in [0.5, 0.6) is 5.75 Å². The van der Waals surface area contributed by atoms with Gasteiger partial charge in [0, 0.05) is 10.9 Å². The Labute approximate surface area is 128 Å². The molecule has 22 heavy (non-hydrogen) atoms. The Balaban J connectivity index is 2.37. The van der Waals surface area contributed by atoms with Crippen molar-refractivity contribution in [1.29, 1.82) is 0 Å². The Morgan fingerprint density at radius 2 is 1.95 bits per heavy atom. The summed E-state index contributed by atoms with van der Waals surface area (Å²) in [4.78, 5) is 4.61. The fourth-order valence-electron chi connectivity index (χ4n) is 2.63. The number of pyridine rings is 1. The zero-order valence-corrected chi connectivity index (χ0v) is 12.4. The predicted molar refractivity (Wildman–Crippen MR) is 84.3 cm³/mol. The Morgan fingerprint density at radius 3 is 2.68 bits per heavy atom. The number of ether oxygens (including phenoxy) is 1. The first-order chi connectivity index (χ1) is 10.7. The van der Waals surface area contributed by atoms with Crippen molar-refractivity contribution in [2.45, 2.75) is 13.5 Å². The van der Waals surface area contributed by atoms with Gasteiger partial charge in [-0.25, -0.2) is 9.37 Å². The molecule has 4 heteroatoms. The molecule has 2 aromatic carbocycles. The molecule has 0 aliphatic heterocycles. The summed E-state index contributed by atoms with van der Waals surface area (Å²) in [5.41, 5.74) is 3.05. The van der Waals surface area contributed by atoms with Gasteiger partial charge in [-0.15, -0.1) is 0 Å². The number of fused-ring (bicyclic) bond motifs is 1. The summed E-state index contributed by atoms with van der Waals surface area (Å²) in [6, 6.07) is 12.3. The Hall–Kier alpha value is -2.46. The summed E-state index contributed by atoms with van der Waals surface area (Å²) in [6.45, 7) is 1.74. The molecule has 3 rings (SSSR count). The van der Waals surface area contributed by atoms with Crippen LogP contribution in [0.15, 0.2) is 42.5 Å². The lowest BCUT2D eigenvalue weighted by Gasteiger charge is -2.14. The molecule has 0 saturated heterocycles. The normalized spacial score (nSPS) is 10.9. The summed E-state index contributed by atoms with van der Waals surface area (Å²) in [5.74, 6) is -0.0235. The number of aromatic nitrogens is 1. The van der Waals surface area contributed by atoms with E-state index in [9.17, 15) is 9.50 Å². The number of halogens is 1. The van der Waals surface area contributed by atoms with Gasteiger partial charge in [0.25, 0.3) is 0 Å². The fraction of sp³-hybridized carbons (Fsp3) is 0.167. The van der Waals surface area contributed by atoms with Gasteiger partial charge in [-0.3, -0.25) is 0 Å². The monoisotopic (exact) mass is 297 g/mol. The van der Waals surface area contributed by atoms with Crippen LogP contribution in [0, 0.1) is 12.7 Å². The first kappa shape index (κ1) is 14.5. The minimum absolute atomic E-state index is 0.219. The molecule has 0 bridgehead atoms. The van der Waals surface area contributed by atoms with Crippen molar-refractivity contribution >= 4 is 10.9 Å². The Morgan fingerprint density at radius 1 is 1.18 bits per heavy atom. The zero-order valence-electron chi connectivity index (χ0n) is 12.4. The van der Waals surface area contributed by atoms with Gasteiger partial charge in [0.1, 0.15) is 11.6 Å². The summed E-state index contributed by atoms with van der Waals surface area (Å²) < 4.78 is 19.6. The number of para-hydroxylation sites is 1. The van der Waals surface area contributed by atoms with Crippen LogP contribution in [0.1, 0.15) is 11.1 Å². The van der Waals surface area contributed by atoms with Crippen molar-refractivity contribution in [2.75, 3.05) is 7.11 Å². The van der Waals surface area contributed by atoms with Crippen molar-refractivity contribution in [3.63, 3.8) is 0 Å². The van der Waals surface area contributed by atoms with E-state index in [1.165, 1.54) is 13.2 Å². The van der Waals surface area contributed by atoms with Gasteiger partial charge < -0.3 is 9.84 Å². The Bertz CT molecular complexity index is 846. The highest BCUT2D eigenvalue weighted by atomic mass is 19.1. The van der Waals surface area contributed by atoms with Gasteiger partial charge in [0.05, 0.1) is 30.5 Å². The minimum Gasteiger partial charge on any atom is -0.496 e. The lowest BCUT2D eigenvalue weighted by molar-refractivity contribution is 0.282. The molecule has 0 aliphatic carbocycles. The number of methoxy groups -OCH3 is 1. The molecular weight excluding hydrogens is 281 g/mol. The van der Waals surface area contributed by atoms with Crippen LogP contribution in [0.4, 0.5) is 4.39 Å². The van der Waals surface area contributed by atoms with Crippen molar-refractivity contribution in [3.05, 3.63) is 59.4 Å². The number of benzene rings is 2. The second kappa shape index (κ2) is 5.73. The van der Waals surface area contributed by atoms with Gasteiger partial charge >= 0.3 is 0 Å². The highest BCUT2D eigenvalue weighted by Gasteiger charge is 2.17. The van der Waals surface area contributed by atoms with E-state index < -0.39 is 5.82 Å². The van der Waals surface area contributed by atoms with Crippen molar-refractivity contribution in [2.24, 2.45) is 0 Å². The van der Waals surface area contributed by atoms with E-state index in [1.54, 1.807) is 12.1 Å². The number of aryl methyl sites for hydroxylation is 1. The molecule has 0 saturated carbocycles. The highest BCUT2D eigenvalue weighted by Crippen LogP contribution is 2.35. The standard InChI is InChI=1S/C18H16FNO2/c1-11-5-3-6-12-9-13(10-21)18(20-17(11)12)16-14(19)7-4-8-15(16)22-2/h3-9,21H,10H2,1-2H3. The van der Waals surface area contributed by atoms with Crippen LogP contribution >= 0.6 is 0 Å². The van der Waals surface area contributed by atoms with E-state index in [4.69, 9.17) is 4.74 Å². The maximum Gasteiger partial charge on any atom is 0.136 e. The van der Waals surface area contributed by atoms with Gasteiger partial charge in [-0.2, -0.15) is 0 Å². The lowest BCUT2D eigenvalue weighted by atomic mass is 10.0. The quantitative estimate of drug-likeness (QED) is 0.798. The van der Waals surface area contributed by atoms with Gasteiger partial charge in [0.2, 0.25) is 0 Å². The van der Waals surface area contributed by atoms with Gasteiger partial charge in [-0.1, -0.05) is 24.3 Å². The molecule has 0 fully saturated rings. The summed E-state index contributed by atoms with van der Waals surface area (Å²) in [6.07, 6.45) is 0. The minimum atomic E-state index is -0.422. The van der Waals surface area contributed by atoms with Crippen LogP contribution in [-0.4, -0.2) is 17.2 Å². The first-order valence-corrected chi connectivity index (χ1v) is 6.98. The average Bonchev–Trinajstić information content (AvgIpc) is 2.54. The van der Waals surface area contributed by atoms with E-state index >= 15 is 0 Å². The molecule has 112 valence electrons. The van der Waals surface area contributed by atoms with Crippen molar-refractivity contribution < 1.29 is 14.2 Å². The molecule has 0 unspecified atom stereocenters. The third kappa shape index (κ3) is 2.31. The largest absolute Gasteiger partial charge is 0.496 e. The molecule has 0 radical (unpaired) electrons. The number of aliphatic hydroxyl groups is 1. The number of rotatable bonds is 3. The second-order valence-electron chi connectivity index (χ2n) is 5.12. The van der Waals surface area contributed by atoms with Crippen LogP contribution in [-0.2, 0) is 6.61 Å². The number of nitrogens with zero attached hydrogens (tertiary/aromatic N) is 1. The van der Waals surface area contributed by atoms with Crippen LogP contribution < -0.4 is 4.74 Å². The van der Waals surface area contributed by atoms with E-state index in [0.29, 0.717) is 17.0 Å². The molecule has 3 nitrogen and oxygen atoms in total. The summed E-state index contributed by atoms with van der Waals surface area (Å²) >= 11 is 0. The number of aliphatic hydroxyl groups excluding tert-OH is 1. The predicted octanol–water partition coefficient (Wildman–Crippen LogP) is 3.85.